The number of benzene rings is 2. The molecule has 0 saturated carbocycles. The number of hydrazine groups is 1. The molecule has 2 aromatic rings. The highest BCUT2D eigenvalue weighted by atomic mass is 32.2. The topological polar surface area (TPSA) is 187 Å². The van der Waals surface area contributed by atoms with Gasteiger partial charge in [0.2, 0.25) is 0 Å². The second-order valence-corrected chi connectivity index (χ2v) is 10.4. The number of fused-ring (bicyclic) bond motifs is 1. The summed E-state index contributed by atoms with van der Waals surface area (Å²) in [7, 11) is -4.59. The van der Waals surface area contributed by atoms with Crippen LogP contribution >= 0.6 is 0 Å². The molecule has 5 N–H and O–H groups in total. The predicted octanol–water partition coefficient (Wildman–Crippen LogP) is 3.40. The predicted molar refractivity (Wildman–Crippen MR) is 157 cm³/mol. The van der Waals surface area contributed by atoms with Gasteiger partial charge in [0, 0.05) is 6.08 Å². The normalized spacial score (nSPS) is 18.4. The maximum absolute atomic E-state index is 13.0. The number of carbonyl (C=O) groups is 3. The summed E-state index contributed by atoms with van der Waals surface area (Å²) in [4.78, 5) is 40.0. The van der Waals surface area contributed by atoms with Gasteiger partial charge in [-0.2, -0.15) is 13.5 Å². The van der Waals surface area contributed by atoms with Crippen LogP contribution in [0.25, 0.3) is 0 Å². The number of aliphatic imine (C=N–C) groups is 1. The van der Waals surface area contributed by atoms with Crippen molar-refractivity contribution in [1.82, 2.24) is 5.43 Å². The highest BCUT2D eigenvalue weighted by molar-refractivity contribution is 7.90. The minimum absolute atomic E-state index is 0.161. The Balaban J connectivity index is 1.37. The first-order chi connectivity index (χ1) is 20.1. The number of carboxylic acids is 1. The molecular weight excluding hydrogens is 562 g/mol. The lowest BCUT2D eigenvalue weighted by atomic mass is 9.89. The number of allylic oxidation sites excluding steroid dienone is 9. The molecule has 0 amide bonds. The van der Waals surface area contributed by atoms with E-state index in [2.05, 4.69) is 26.4 Å². The van der Waals surface area contributed by atoms with Gasteiger partial charge in [-0.05, 0) is 72.4 Å². The van der Waals surface area contributed by atoms with Crippen LogP contribution in [0.1, 0.15) is 0 Å². The third-order valence-electron chi connectivity index (χ3n) is 6.06. The third-order valence-corrected chi connectivity index (χ3v) is 6.89. The fraction of sp³-hybridized carbons (Fsp3) is 0. The minimum Gasteiger partial charge on any atom is -0.478 e. The first-order valence-electron chi connectivity index (χ1n) is 12.2. The number of aliphatic carboxylic acids is 1. The van der Waals surface area contributed by atoms with Crippen molar-refractivity contribution in [2.45, 2.75) is 0 Å². The number of rotatable bonds is 8. The molecule has 0 radical (unpaired) electrons. The van der Waals surface area contributed by atoms with E-state index in [9.17, 15) is 27.4 Å². The summed E-state index contributed by atoms with van der Waals surface area (Å²) < 4.78 is 32.8. The number of carboxylic acid groups (broad SMARTS) is 1. The van der Waals surface area contributed by atoms with Crippen molar-refractivity contribution in [2.75, 3.05) is 10.9 Å². The highest BCUT2D eigenvalue weighted by Crippen LogP contribution is 2.31. The average molecular weight is 584 g/mol. The number of carbonyl (C=O) groups excluding carboxylic acids is 2. The first kappa shape index (κ1) is 27.9. The van der Waals surface area contributed by atoms with Gasteiger partial charge in [0.1, 0.15) is 5.57 Å². The number of nitrogens with one attached hydrogen (secondary N) is 3. The van der Waals surface area contributed by atoms with Gasteiger partial charge in [-0.25, -0.2) is 9.79 Å². The molecule has 13 heteroatoms. The second kappa shape index (κ2) is 11.4. The lowest BCUT2D eigenvalue weighted by Crippen LogP contribution is -2.31. The quantitative estimate of drug-likeness (QED) is 0.133. The number of anilines is 2. The zero-order valence-corrected chi connectivity index (χ0v) is 22.3. The van der Waals surface area contributed by atoms with Gasteiger partial charge in [0.05, 0.1) is 44.7 Å². The number of hydrogen-bond donors (Lipinski definition) is 5. The van der Waals surface area contributed by atoms with Crippen LogP contribution in [0.3, 0.4) is 0 Å². The molecular formula is C29H21N5O7S. The molecule has 3 aliphatic carbocycles. The number of hydrogen-bond acceptors (Lipinski definition) is 10. The Morgan fingerprint density at radius 2 is 1.50 bits per heavy atom. The molecule has 0 atom stereocenters. The Bertz CT molecular complexity index is 1860. The molecule has 0 unspecified atom stereocenters. The number of hydrazone groups is 1. The van der Waals surface area contributed by atoms with Gasteiger partial charge in [-0.15, -0.1) is 0 Å². The summed E-state index contributed by atoms with van der Waals surface area (Å²) in [5, 5.41) is 13.2. The van der Waals surface area contributed by atoms with E-state index >= 15 is 0 Å². The van der Waals surface area contributed by atoms with Crippen molar-refractivity contribution in [2.24, 2.45) is 10.1 Å². The Morgan fingerprint density at radius 1 is 0.786 bits per heavy atom. The highest BCUT2D eigenvalue weighted by Gasteiger charge is 2.29. The fourth-order valence-corrected chi connectivity index (χ4v) is 4.58. The van der Waals surface area contributed by atoms with Crippen LogP contribution in [-0.2, 0) is 24.5 Å². The van der Waals surface area contributed by atoms with E-state index in [1.165, 1.54) is 18.2 Å². The van der Waals surface area contributed by atoms with Crippen molar-refractivity contribution < 1.29 is 32.5 Å². The van der Waals surface area contributed by atoms with Crippen molar-refractivity contribution in [3.8, 4) is 0 Å². The van der Waals surface area contributed by atoms with E-state index < -0.39 is 32.6 Å². The Kier molecular flexibility index (Phi) is 7.60. The lowest BCUT2D eigenvalue weighted by Gasteiger charge is -2.23. The van der Waals surface area contributed by atoms with E-state index in [1.807, 2.05) is 18.2 Å². The van der Waals surface area contributed by atoms with E-state index in [0.717, 1.165) is 12.2 Å². The Morgan fingerprint density at radius 3 is 2.19 bits per heavy atom. The van der Waals surface area contributed by atoms with Crippen LogP contribution in [0, 0.1) is 0 Å². The van der Waals surface area contributed by atoms with Gasteiger partial charge < -0.3 is 10.5 Å². The fourth-order valence-electron chi connectivity index (χ4n) is 4.05. The summed E-state index contributed by atoms with van der Waals surface area (Å²) in [5.74, 6) is -2.58. The van der Waals surface area contributed by atoms with Gasteiger partial charge >= 0.3 is 5.97 Å². The van der Waals surface area contributed by atoms with Gasteiger partial charge in [0.25, 0.3) is 10.1 Å². The van der Waals surface area contributed by atoms with Crippen LogP contribution in [0.4, 0.5) is 17.1 Å². The van der Waals surface area contributed by atoms with E-state index in [1.54, 1.807) is 48.6 Å². The van der Waals surface area contributed by atoms with Crippen molar-refractivity contribution in [3.05, 3.63) is 124 Å². The molecule has 0 aromatic heterocycles. The molecule has 3 aliphatic rings. The molecule has 210 valence electrons. The number of ketones is 2. The van der Waals surface area contributed by atoms with E-state index in [4.69, 9.17) is 5.11 Å². The average Bonchev–Trinajstić information content (AvgIpc) is 2.96. The molecule has 0 spiro atoms. The minimum atomic E-state index is -4.59. The number of nitrogens with zero attached hydrogens (tertiary/aromatic N) is 2. The number of para-hydroxylation sites is 1. The summed E-state index contributed by atoms with van der Waals surface area (Å²) in [6.45, 7) is 0. The molecule has 2 aromatic carbocycles. The van der Waals surface area contributed by atoms with Crippen LogP contribution in [-0.4, -0.2) is 47.0 Å². The molecule has 0 aliphatic heterocycles. The SMILES string of the molecule is O=C(O)C1=C/C(=N/Nc2ccc(NNC3=C4C(=O)C=C(S(=O)(=O)O)C=C4C=CC3=Nc3ccccc3)cc2)C=CC1=O. The Labute approximate surface area is 239 Å². The zero-order chi connectivity index (χ0) is 29.9. The van der Waals surface area contributed by atoms with Gasteiger partial charge in [-0.3, -0.25) is 25.0 Å². The maximum Gasteiger partial charge on any atom is 0.339 e. The van der Waals surface area contributed by atoms with Crippen molar-refractivity contribution in [1.29, 1.82) is 0 Å². The summed E-state index contributed by atoms with van der Waals surface area (Å²) in [6, 6.07) is 15.8. The molecule has 5 rings (SSSR count). The van der Waals surface area contributed by atoms with Crippen molar-refractivity contribution >= 4 is 56.1 Å². The molecule has 0 saturated heterocycles. The van der Waals surface area contributed by atoms with E-state index in [0.29, 0.717) is 22.8 Å². The van der Waals surface area contributed by atoms with Gasteiger partial charge in [0.15, 0.2) is 11.6 Å². The first-order valence-corrected chi connectivity index (χ1v) is 13.7. The Hall–Kier alpha value is -5.66. The smallest absolute Gasteiger partial charge is 0.339 e. The maximum atomic E-state index is 13.0. The van der Waals surface area contributed by atoms with Gasteiger partial charge in [-0.1, -0.05) is 24.3 Å². The van der Waals surface area contributed by atoms with Crippen LogP contribution in [0.2, 0.25) is 0 Å². The molecule has 0 fully saturated rings. The zero-order valence-electron chi connectivity index (χ0n) is 21.5. The van der Waals surface area contributed by atoms with Crippen LogP contribution < -0.4 is 16.3 Å². The summed E-state index contributed by atoms with van der Waals surface area (Å²) >= 11 is 0. The standard InChI is InChI=1S/C29H21N5O7S/c35-25-13-11-21(15-23(25)29(37)38)33-31-19-7-9-20(10-8-19)32-34-28-24(30-18-4-2-1-3-5-18)12-6-17-14-22(42(39,40)41)16-26(36)27(17)28/h1-16,31-32,34H,(H,37,38)(H,39,40,41)/b30-24?,33-21+. The molecule has 0 bridgehead atoms. The third kappa shape index (κ3) is 6.22. The second-order valence-electron chi connectivity index (χ2n) is 8.94. The van der Waals surface area contributed by atoms with Crippen molar-refractivity contribution in [3.63, 3.8) is 0 Å². The van der Waals surface area contributed by atoms with Crippen LogP contribution in [0.5, 0.6) is 0 Å². The molecule has 12 nitrogen and oxygen atoms in total. The van der Waals surface area contributed by atoms with E-state index in [-0.39, 0.29) is 28.1 Å². The monoisotopic (exact) mass is 583 g/mol. The lowest BCUT2D eigenvalue weighted by molar-refractivity contribution is -0.134. The summed E-state index contributed by atoms with van der Waals surface area (Å²) in [6.07, 6.45) is 8.92. The molecule has 42 heavy (non-hydrogen) atoms. The largest absolute Gasteiger partial charge is 0.478 e. The van der Waals surface area contributed by atoms with Crippen LogP contribution in [0.15, 0.2) is 135 Å². The molecule has 0 heterocycles. The summed E-state index contributed by atoms with van der Waals surface area (Å²) in [5.41, 5.74) is 11.6.